The van der Waals surface area contributed by atoms with Gasteiger partial charge >= 0.3 is 0 Å². The van der Waals surface area contributed by atoms with Gasteiger partial charge < -0.3 is 0 Å². The molecule has 29 heavy (non-hydrogen) atoms. The minimum atomic E-state index is 0.477. The Hall–Kier alpha value is -0.520. The number of fused-ring (bicyclic) bond motifs is 4. The van der Waals surface area contributed by atoms with Crippen LogP contribution in [0.3, 0.4) is 0 Å². The fraction of sp³-hybridized carbons (Fsp3) is 0.862. The van der Waals surface area contributed by atoms with Crippen LogP contribution in [0.2, 0.25) is 0 Å². The van der Waals surface area contributed by atoms with E-state index in [2.05, 4.69) is 54.5 Å². The Morgan fingerprint density at radius 3 is 2.48 bits per heavy atom. The molecule has 2 saturated carbocycles. The minimum absolute atomic E-state index is 0.477. The van der Waals surface area contributed by atoms with Gasteiger partial charge in [-0.2, -0.15) is 0 Å². The van der Waals surface area contributed by atoms with Gasteiger partial charge in [-0.3, -0.25) is 0 Å². The zero-order chi connectivity index (χ0) is 21.0. The van der Waals surface area contributed by atoms with E-state index in [1.165, 1.54) is 76.2 Å². The van der Waals surface area contributed by atoms with E-state index in [0.29, 0.717) is 16.2 Å². The molecule has 0 radical (unpaired) electrons. The molecule has 0 heterocycles. The second-order valence-corrected chi connectivity index (χ2v) is 12.6. The molecule has 7 unspecified atom stereocenters. The Balaban J connectivity index is 1.63. The van der Waals surface area contributed by atoms with Crippen LogP contribution in [0.4, 0.5) is 0 Å². The molecule has 0 aromatic rings. The van der Waals surface area contributed by atoms with Gasteiger partial charge in [0.05, 0.1) is 0 Å². The second kappa shape index (κ2) is 7.56. The van der Waals surface area contributed by atoms with Gasteiger partial charge in [0, 0.05) is 0 Å². The summed E-state index contributed by atoms with van der Waals surface area (Å²) in [6.45, 7) is 17.7. The van der Waals surface area contributed by atoms with Crippen LogP contribution >= 0.6 is 0 Å². The van der Waals surface area contributed by atoms with Gasteiger partial charge in [-0.1, -0.05) is 70.3 Å². The van der Waals surface area contributed by atoms with Crippen molar-refractivity contribution >= 4 is 0 Å². The third kappa shape index (κ3) is 3.22. The van der Waals surface area contributed by atoms with Crippen LogP contribution in [0.15, 0.2) is 22.8 Å². The van der Waals surface area contributed by atoms with Gasteiger partial charge in [0.25, 0.3) is 0 Å². The fourth-order valence-corrected chi connectivity index (χ4v) is 9.17. The van der Waals surface area contributed by atoms with Gasteiger partial charge in [0.2, 0.25) is 0 Å². The Morgan fingerprint density at radius 2 is 1.76 bits per heavy atom. The summed E-state index contributed by atoms with van der Waals surface area (Å²) in [5.74, 6) is 3.68. The van der Waals surface area contributed by atoms with Crippen LogP contribution < -0.4 is 0 Å². The van der Waals surface area contributed by atoms with Crippen LogP contribution in [0.1, 0.15) is 119 Å². The second-order valence-electron chi connectivity index (χ2n) is 12.6. The van der Waals surface area contributed by atoms with Crippen LogP contribution in [-0.4, -0.2) is 0 Å². The Morgan fingerprint density at radius 1 is 1.00 bits per heavy atom. The first-order valence-corrected chi connectivity index (χ1v) is 13.0. The van der Waals surface area contributed by atoms with E-state index in [-0.39, 0.29) is 0 Å². The highest BCUT2D eigenvalue weighted by molar-refractivity contribution is 5.38. The van der Waals surface area contributed by atoms with Crippen molar-refractivity contribution in [3.05, 3.63) is 22.8 Å². The normalized spacial score (nSPS) is 45.3. The van der Waals surface area contributed by atoms with Gasteiger partial charge in [-0.25, -0.2) is 0 Å². The van der Waals surface area contributed by atoms with Crippen LogP contribution in [0.5, 0.6) is 0 Å². The molecule has 164 valence electrons. The number of rotatable bonds is 4. The average Bonchev–Trinajstić information content (AvgIpc) is 2.93. The van der Waals surface area contributed by atoms with Gasteiger partial charge in [0.15, 0.2) is 0 Å². The molecular formula is C29H48. The van der Waals surface area contributed by atoms with Crippen molar-refractivity contribution in [2.45, 2.75) is 119 Å². The average molecular weight is 397 g/mol. The third-order valence-electron chi connectivity index (χ3n) is 11.1. The summed E-state index contributed by atoms with van der Waals surface area (Å²) in [7, 11) is 0. The summed E-state index contributed by atoms with van der Waals surface area (Å²) in [6, 6.07) is 0. The first-order valence-electron chi connectivity index (χ1n) is 13.0. The van der Waals surface area contributed by atoms with Gasteiger partial charge in [0.1, 0.15) is 0 Å². The Labute approximate surface area is 182 Å². The fourth-order valence-electron chi connectivity index (χ4n) is 9.17. The molecule has 0 heteroatoms. The van der Waals surface area contributed by atoms with Gasteiger partial charge in [-0.05, 0) is 112 Å². The molecule has 2 fully saturated rings. The predicted octanol–water partition coefficient (Wildman–Crippen LogP) is 9.12. The number of hydrogen-bond acceptors (Lipinski definition) is 0. The summed E-state index contributed by atoms with van der Waals surface area (Å²) < 4.78 is 0. The maximum absolute atomic E-state index is 2.71. The van der Waals surface area contributed by atoms with E-state index in [1.807, 2.05) is 11.1 Å². The van der Waals surface area contributed by atoms with E-state index >= 15 is 0 Å². The van der Waals surface area contributed by atoms with Crippen molar-refractivity contribution < 1.29 is 0 Å². The van der Waals surface area contributed by atoms with Crippen molar-refractivity contribution in [3.8, 4) is 0 Å². The maximum Gasteiger partial charge on any atom is -0.00568 e. The molecule has 0 saturated heterocycles. The summed E-state index contributed by atoms with van der Waals surface area (Å²) in [4.78, 5) is 0. The molecule has 0 bridgehead atoms. The lowest BCUT2D eigenvalue weighted by Gasteiger charge is -2.59. The van der Waals surface area contributed by atoms with Gasteiger partial charge in [-0.15, -0.1) is 0 Å². The van der Waals surface area contributed by atoms with E-state index in [1.54, 1.807) is 0 Å². The van der Waals surface area contributed by atoms with Crippen LogP contribution in [-0.2, 0) is 0 Å². The van der Waals surface area contributed by atoms with Crippen molar-refractivity contribution in [2.75, 3.05) is 0 Å². The Kier molecular flexibility index (Phi) is 5.66. The lowest BCUT2D eigenvalue weighted by atomic mass is 9.45. The van der Waals surface area contributed by atoms with Crippen molar-refractivity contribution in [3.63, 3.8) is 0 Å². The smallest absolute Gasteiger partial charge is 0.00568 e. The van der Waals surface area contributed by atoms with Crippen LogP contribution in [0, 0.1) is 39.9 Å². The predicted molar refractivity (Wildman–Crippen MR) is 127 cm³/mol. The van der Waals surface area contributed by atoms with Crippen molar-refractivity contribution in [1.82, 2.24) is 0 Å². The lowest BCUT2D eigenvalue weighted by molar-refractivity contribution is 0.00900. The van der Waals surface area contributed by atoms with E-state index in [9.17, 15) is 0 Å². The maximum atomic E-state index is 2.71. The largest absolute Gasteiger partial charge is 0.0859 e. The number of allylic oxidation sites excluding steroid dienone is 4. The molecule has 7 atom stereocenters. The van der Waals surface area contributed by atoms with E-state index in [4.69, 9.17) is 0 Å². The zero-order valence-electron chi connectivity index (χ0n) is 20.7. The number of hydrogen-bond donors (Lipinski definition) is 0. The molecular weight excluding hydrogens is 348 g/mol. The van der Waals surface area contributed by atoms with Crippen molar-refractivity contribution in [1.29, 1.82) is 0 Å². The molecule has 0 amide bonds. The minimum Gasteiger partial charge on any atom is -0.0859 e. The molecule has 4 rings (SSSR count). The summed E-state index contributed by atoms with van der Waals surface area (Å²) in [6.07, 6.45) is 18.2. The monoisotopic (exact) mass is 396 g/mol. The first kappa shape index (κ1) is 21.7. The molecule has 0 aromatic carbocycles. The summed E-state index contributed by atoms with van der Waals surface area (Å²) in [5, 5.41) is 0. The zero-order valence-corrected chi connectivity index (χ0v) is 20.7. The standard InChI is InChI=1S/C29H48/c1-20(2)10-8-11-22(4)24-15-18-29(7)26-14-13-23-21(3)12-9-17-27(23,5)25(26)16-19-28(24,29)6/h10,21-24H,8-9,11-19H2,1-7H3. The molecule has 0 spiro atoms. The lowest BCUT2D eigenvalue weighted by Crippen LogP contribution is -2.49. The molecule has 0 aromatic heterocycles. The van der Waals surface area contributed by atoms with E-state index in [0.717, 1.165) is 23.7 Å². The van der Waals surface area contributed by atoms with E-state index < -0.39 is 0 Å². The molecule has 4 aliphatic rings. The quantitative estimate of drug-likeness (QED) is 0.415. The van der Waals surface area contributed by atoms with Crippen LogP contribution in [0.25, 0.3) is 0 Å². The highest BCUT2D eigenvalue weighted by Gasteiger charge is 2.61. The molecule has 0 aliphatic heterocycles. The summed E-state index contributed by atoms with van der Waals surface area (Å²) >= 11 is 0. The highest BCUT2D eigenvalue weighted by atomic mass is 14.7. The topological polar surface area (TPSA) is 0 Å². The first-order chi connectivity index (χ1) is 13.6. The third-order valence-corrected chi connectivity index (χ3v) is 11.1. The molecule has 4 aliphatic carbocycles. The Bertz CT molecular complexity index is 691. The highest BCUT2D eigenvalue weighted by Crippen LogP contribution is 2.71. The summed E-state index contributed by atoms with van der Waals surface area (Å²) in [5.41, 5.74) is 6.96. The molecule has 0 N–H and O–H groups in total. The molecule has 0 nitrogen and oxygen atoms in total. The SMILES string of the molecule is CC(C)=CCCC(C)C1CCC2(C)C3=C(CCC12C)C1(C)CCCC(C)C1CC3. The van der Waals surface area contributed by atoms with Crippen molar-refractivity contribution in [2.24, 2.45) is 39.9 Å².